The van der Waals surface area contributed by atoms with Crippen molar-refractivity contribution in [3.8, 4) is 0 Å². The Bertz CT molecular complexity index is 979. The Balaban J connectivity index is 1.61. The van der Waals surface area contributed by atoms with Crippen molar-refractivity contribution in [2.75, 3.05) is 31.5 Å². The number of piperazine rings is 1. The molecule has 0 spiro atoms. The lowest BCUT2D eigenvalue weighted by Crippen LogP contribution is -2.46. The van der Waals surface area contributed by atoms with Crippen LogP contribution in [0.5, 0.6) is 0 Å². The van der Waals surface area contributed by atoms with Crippen molar-refractivity contribution in [2.24, 2.45) is 0 Å². The Morgan fingerprint density at radius 1 is 1.30 bits per heavy atom. The Morgan fingerprint density at radius 3 is 2.89 bits per heavy atom. The molecule has 1 fully saturated rings. The molecule has 2 aromatic heterocycles. The lowest BCUT2D eigenvalue weighted by Gasteiger charge is -2.28. The standard InChI is InChI=1S/C19H21IN6O/c1-2-13-11-14(3-4-15(13)19(27)25-8-5-21-6-9-25)24-17-18-23-12-16(20)26(18)10-7-22-17/h3-4,7,10-12,21H,2,5-6,8-9H2,1H3,(H,22,24). The van der Waals surface area contributed by atoms with Gasteiger partial charge in [-0.25, -0.2) is 9.97 Å². The number of aryl methyl sites for hydroxylation is 1. The van der Waals surface area contributed by atoms with Crippen LogP contribution in [0.1, 0.15) is 22.8 Å². The van der Waals surface area contributed by atoms with Crippen LogP contribution in [-0.2, 0) is 6.42 Å². The summed E-state index contributed by atoms with van der Waals surface area (Å²) >= 11 is 2.24. The van der Waals surface area contributed by atoms with Crippen molar-refractivity contribution in [1.29, 1.82) is 0 Å². The third kappa shape index (κ3) is 3.63. The number of benzene rings is 1. The van der Waals surface area contributed by atoms with Crippen LogP contribution in [-0.4, -0.2) is 51.4 Å². The Morgan fingerprint density at radius 2 is 2.11 bits per heavy atom. The molecule has 1 aromatic carbocycles. The van der Waals surface area contributed by atoms with Gasteiger partial charge in [-0.2, -0.15) is 0 Å². The number of amides is 1. The maximum atomic E-state index is 12.9. The first kappa shape index (κ1) is 18.2. The lowest BCUT2D eigenvalue weighted by molar-refractivity contribution is 0.0735. The topological polar surface area (TPSA) is 74.6 Å². The number of aromatic nitrogens is 3. The number of halogens is 1. The number of nitrogens with zero attached hydrogens (tertiary/aromatic N) is 4. The molecule has 140 valence electrons. The van der Waals surface area contributed by atoms with Crippen LogP contribution < -0.4 is 10.6 Å². The van der Waals surface area contributed by atoms with Gasteiger partial charge >= 0.3 is 0 Å². The van der Waals surface area contributed by atoms with Gasteiger partial charge in [0.2, 0.25) is 0 Å². The number of hydrogen-bond acceptors (Lipinski definition) is 5. The van der Waals surface area contributed by atoms with Crippen molar-refractivity contribution in [1.82, 2.24) is 24.6 Å². The van der Waals surface area contributed by atoms with Crippen LogP contribution in [0.2, 0.25) is 0 Å². The summed E-state index contributed by atoms with van der Waals surface area (Å²) in [4.78, 5) is 23.7. The van der Waals surface area contributed by atoms with Crippen LogP contribution in [0, 0.1) is 3.70 Å². The van der Waals surface area contributed by atoms with Crippen LogP contribution in [0.4, 0.5) is 11.5 Å². The highest BCUT2D eigenvalue weighted by molar-refractivity contribution is 14.1. The predicted molar refractivity (Wildman–Crippen MR) is 114 cm³/mol. The fraction of sp³-hybridized carbons (Fsp3) is 0.316. The van der Waals surface area contributed by atoms with Crippen LogP contribution >= 0.6 is 22.6 Å². The molecule has 3 aromatic rings. The first-order valence-electron chi connectivity index (χ1n) is 9.05. The number of rotatable bonds is 4. The highest BCUT2D eigenvalue weighted by Crippen LogP contribution is 2.24. The van der Waals surface area contributed by atoms with Crippen molar-refractivity contribution in [3.05, 3.63) is 51.6 Å². The third-order valence-corrected chi connectivity index (χ3v) is 5.56. The molecule has 1 aliphatic heterocycles. The summed E-state index contributed by atoms with van der Waals surface area (Å²) in [5.74, 6) is 0.812. The molecule has 0 radical (unpaired) electrons. The normalized spacial score (nSPS) is 14.5. The summed E-state index contributed by atoms with van der Waals surface area (Å²) in [5, 5.41) is 6.63. The van der Waals surface area contributed by atoms with E-state index < -0.39 is 0 Å². The van der Waals surface area contributed by atoms with Gasteiger partial charge < -0.3 is 15.5 Å². The van der Waals surface area contributed by atoms with Gasteiger partial charge in [0.1, 0.15) is 3.70 Å². The number of anilines is 2. The first-order valence-corrected chi connectivity index (χ1v) is 10.1. The maximum Gasteiger partial charge on any atom is 0.254 e. The minimum atomic E-state index is 0.114. The van der Waals surface area contributed by atoms with Gasteiger partial charge in [-0.15, -0.1) is 0 Å². The van der Waals surface area contributed by atoms with E-state index in [9.17, 15) is 4.79 Å². The minimum absolute atomic E-state index is 0.114. The summed E-state index contributed by atoms with van der Waals surface area (Å²) in [7, 11) is 0. The SMILES string of the molecule is CCc1cc(Nc2nccn3c(I)cnc23)ccc1C(=O)N1CCNCC1. The molecule has 1 aliphatic rings. The summed E-state index contributed by atoms with van der Waals surface area (Å²) in [6.07, 6.45) is 6.25. The van der Waals surface area contributed by atoms with Crippen molar-refractivity contribution in [3.63, 3.8) is 0 Å². The second-order valence-electron chi connectivity index (χ2n) is 6.44. The van der Waals surface area contributed by atoms with Gasteiger partial charge in [0, 0.05) is 49.8 Å². The maximum absolute atomic E-state index is 12.9. The number of fused-ring (bicyclic) bond motifs is 1. The highest BCUT2D eigenvalue weighted by Gasteiger charge is 2.20. The zero-order valence-electron chi connectivity index (χ0n) is 15.1. The molecule has 0 bridgehead atoms. The van der Waals surface area contributed by atoms with E-state index in [1.54, 1.807) is 6.20 Å². The van der Waals surface area contributed by atoms with E-state index in [-0.39, 0.29) is 5.91 Å². The quantitative estimate of drug-likeness (QED) is 0.567. The van der Waals surface area contributed by atoms with Crippen molar-refractivity contribution >= 4 is 45.7 Å². The second kappa shape index (κ2) is 7.81. The van der Waals surface area contributed by atoms with Gasteiger partial charge in [0.25, 0.3) is 5.91 Å². The van der Waals surface area contributed by atoms with Gasteiger partial charge in [-0.05, 0) is 52.8 Å². The molecule has 1 amide bonds. The summed E-state index contributed by atoms with van der Waals surface area (Å²) < 4.78 is 3.01. The van der Waals surface area contributed by atoms with Crippen LogP contribution in [0.15, 0.2) is 36.8 Å². The van der Waals surface area contributed by atoms with Crippen LogP contribution in [0.25, 0.3) is 5.65 Å². The van der Waals surface area contributed by atoms with E-state index in [1.165, 1.54) is 0 Å². The molecule has 0 unspecified atom stereocenters. The molecule has 1 saturated heterocycles. The van der Waals surface area contributed by atoms with E-state index in [1.807, 2.05) is 39.9 Å². The summed E-state index contributed by atoms with van der Waals surface area (Å²) in [5.41, 5.74) is 3.50. The predicted octanol–water partition coefficient (Wildman–Crippen LogP) is 2.69. The smallest absolute Gasteiger partial charge is 0.254 e. The fourth-order valence-electron chi connectivity index (χ4n) is 3.33. The largest absolute Gasteiger partial charge is 0.337 e. The van der Waals surface area contributed by atoms with Crippen molar-refractivity contribution < 1.29 is 4.79 Å². The molecule has 8 heteroatoms. The molecular formula is C19H21IN6O. The monoisotopic (exact) mass is 476 g/mol. The van der Waals surface area contributed by atoms with Gasteiger partial charge in [0.15, 0.2) is 11.5 Å². The molecule has 0 saturated carbocycles. The molecule has 27 heavy (non-hydrogen) atoms. The number of carbonyl (C=O) groups excluding carboxylic acids is 1. The Kier molecular flexibility index (Phi) is 5.26. The second-order valence-corrected chi connectivity index (χ2v) is 7.55. The average molecular weight is 476 g/mol. The van der Waals surface area contributed by atoms with E-state index in [4.69, 9.17) is 0 Å². The Hall–Kier alpha value is -2.20. The molecular weight excluding hydrogens is 455 g/mol. The van der Waals surface area contributed by atoms with Gasteiger partial charge in [-0.3, -0.25) is 9.20 Å². The van der Waals surface area contributed by atoms with E-state index >= 15 is 0 Å². The molecule has 7 nitrogen and oxygen atoms in total. The van der Waals surface area contributed by atoms with Gasteiger partial charge in [0.05, 0.1) is 6.20 Å². The zero-order valence-corrected chi connectivity index (χ0v) is 17.2. The summed E-state index contributed by atoms with van der Waals surface area (Å²) in [6, 6.07) is 5.89. The number of carbonyl (C=O) groups is 1. The molecule has 0 atom stereocenters. The van der Waals surface area contributed by atoms with Gasteiger partial charge in [-0.1, -0.05) is 6.92 Å². The van der Waals surface area contributed by atoms with E-state index in [0.29, 0.717) is 5.82 Å². The molecule has 3 heterocycles. The van der Waals surface area contributed by atoms with E-state index in [0.717, 1.165) is 58.8 Å². The molecule has 2 N–H and O–H groups in total. The highest BCUT2D eigenvalue weighted by atomic mass is 127. The summed E-state index contributed by atoms with van der Waals surface area (Å²) in [6.45, 7) is 5.29. The molecule has 0 aliphatic carbocycles. The Labute approximate surface area is 171 Å². The number of nitrogens with one attached hydrogen (secondary N) is 2. The first-order chi connectivity index (χ1) is 13.2. The van der Waals surface area contributed by atoms with E-state index in [2.05, 4.69) is 50.1 Å². The third-order valence-electron chi connectivity index (χ3n) is 4.77. The zero-order chi connectivity index (χ0) is 18.8. The average Bonchev–Trinajstić information content (AvgIpc) is 3.10. The number of hydrogen-bond donors (Lipinski definition) is 2. The van der Waals surface area contributed by atoms with Crippen LogP contribution in [0.3, 0.4) is 0 Å². The lowest BCUT2D eigenvalue weighted by atomic mass is 10.0. The fourth-order valence-corrected chi connectivity index (χ4v) is 3.85. The van der Waals surface area contributed by atoms with Crippen molar-refractivity contribution in [2.45, 2.75) is 13.3 Å². The minimum Gasteiger partial charge on any atom is -0.337 e. The number of imidazole rings is 1. The molecule has 4 rings (SSSR count).